The summed E-state index contributed by atoms with van der Waals surface area (Å²) < 4.78 is 59.0. The Kier molecular flexibility index (Phi) is 33.9. The predicted molar refractivity (Wildman–Crippen MR) is 556 cm³/mol. The van der Waals surface area contributed by atoms with E-state index in [9.17, 15) is 17.6 Å². The Morgan fingerprint density at radius 3 is 0.625 bits per heavy atom. The Morgan fingerprint density at radius 1 is 0.172 bits per heavy atom. The van der Waals surface area contributed by atoms with Gasteiger partial charge in [0.1, 0.15) is 23.3 Å². The Labute approximate surface area is 785 Å². The fourth-order valence-corrected chi connectivity index (χ4v) is 24.2. The third kappa shape index (κ3) is 25.8. The summed E-state index contributed by atoms with van der Waals surface area (Å²) >= 11 is 0. The van der Waals surface area contributed by atoms with Crippen LogP contribution in [0.4, 0.5) is 17.6 Å². The van der Waals surface area contributed by atoms with Crippen molar-refractivity contribution in [2.75, 3.05) is 0 Å². The number of aryl methyl sites for hydroxylation is 2. The van der Waals surface area contributed by atoms with Crippen molar-refractivity contribution in [1.29, 1.82) is 0 Å². The number of hydrogen-bond donors (Lipinski definition) is 0. The molecular formula is C124H174F4. The second-order valence-corrected chi connectivity index (χ2v) is 43.5. The number of halogens is 4. The largest absolute Gasteiger partial charge is 0.207 e. The zero-order valence-electron chi connectivity index (χ0n) is 80.1. The van der Waals surface area contributed by atoms with Crippen molar-refractivity contribution < 1.29 is 30.4 Å². The smallest absolute Gasteiger partial charge is 0.131 e. The molecule has 0 atom stereocenters. The van der Waals surface area contributed by atoms with E-state index in [-0.39, 0.29) is 36.1 Å². The first-order chi connectivity index (χ1) is 62.1. The van der Waals surface area contributed by atoms with Gasteiger partial charge in [0, 0.05) is 29.5 Å². The van der Waals surface area contributed by atoms with Crippen LogP contribution in [0.15, 0.2) is 218 Å². The van der Waals surface area contributed by atoms with E-state index in [0.29, 0.717) is 46.6 Å². The predicted octanol–water partition coefficient (Wildman–Crippen LogP) is 40.3. The number of hydrogen-bond acceptors (Lipinski definition) is 0. The van der Waals surface area contributed by atoms with Crippen LogP contribution in [0.5, 0.6) is 0 Å². The van der Waals surface area contributed by atoms with Gasteiger partial charge >= 0.3 is 0 Å². The van der Waals surface area contributed by atoms with Crippen LogP contribution < -0.4 is 0 Å². The van der Waals surface area contributed by atoms with Gasteiger partial charge in [-0.2, -0.15) is 0 Å². The fourth-order valence-electron chi connectivity index (χ4n) is 24.2. The van der Waals surface area contributed by atoms with Crippen molar-refractivity contribution in [3.05, 3.63) is 297 Å². The van der Waals surface area contributed by atoms with Gasteiger partial charge in [0.2, 0.25) is 0 Å². The maximum Gasteiger partial charge on any atom is 0.131 e. The first-order valence-corrected chi connectivity index (χ1v) is 51.8. The standard InChI is InChI=1S/C26H27F.C26H39F.C26H33F.C26H34.C20H23F.9H2/c1-18-3-7-20(8-4-18)21-11-13-22(14-12-21)24-15-16-25(26(27)17-24)23-9-5-19(2)6-10-23;2*1-18-3-7-20(8-4-18)21-11-13-23(14-12-21)25-16-15-24(17-26(25)27)22-9-5-19(2)6-10-22;1-19-3-7-21(8-4-19)23-11-15-25(16-12-23)26-17-13-24(14-18-26)22-9-5-20(2)6-10-22;1-14-3-7-16(8-4-14)18-11-12-19(20(21)13-18)17-9-5-15(2)6-10-17;;;;;;;;;/h5-6,9-18,20H,3-4,7-8H2,1-2H3;15-23H,3-14H2,1-2H3;11-20,22H,3-10H2,1-2H3;11-22H,3-10H2,1-2H3;5-6,9-14,16H,3-4,7-8H2,1-2H3;9*1H. The quantitative estimate of drug-likeness (QED) is 0.0952. The molecule has 4 heteroatoms. The van der Waals surface area contributed by atoms with Gasteiger partial charge in [-0.3, -0.25) is 0 Å². The average Bonchev–Trinajstić information content (AvgIpc) is 0.822. The van der Waals surface area contributed by atoms with Crippen LogP contribution in [0, 0.1) is 96.3 Å². The summed E-state index contributed by atoms with van der Waals surface area (Å²) in [7, 11) is 0. The SMILES string of the molecule is CC1CCC(c2ccc(-c3ccc(C4CCC(C)CC4)cc3)cc2)CC1.CC1CCC(c2ccc(-c3ccc(C4CCC(C)CC4)cc3F)cc2)CC1.CC1CCC(c2ccc(C3CCC(C4CCC(C)CC4)CC3)c(F)c2)CC1.Cc1ccc(-c2ccc(-c3ccc(C4CCC(C)CC4)cc3)cc2F)cc1.Cc1ccc(-c2ccc(C3CCC(C)CC3)cc2F)cc1.[HH].[HH].[HH].[HH].[HH].[HH].[HH].[HH].[HH]. The molecule has 128 heavy (non-hydrogen) atoms. The number of benzene rings is 10. The average molecular weight is 1740 g/mol. The Bertz CT molecular complexity index is 4980. The molecule has 0 nitrogen and oxygen atoms in total. The third-order valence-corrected chi connectivity index (χ3v) is 33.7. The molecule has 698 valence electrons. The van der Waals surface area contributed by atoms with Crippen LogP contribution in [0.3, 0.4) is 0 Å². The third-order valence-electron chi connectivity index (χ3n) is 33.7. The molecule has 19 rings (SSSR count). The molecule has 9 fully saturated rings. The molecule has 0 aliphatic heterocycles. The Morgan fingerprint density at radius 2 is 0.359 bits per heavy atom. The first-order valence-electron chi connectivity index (χ1n) is 51.8. The van der Waals surface area contributed by atoms with Crippen LogP contribution in [0.2, 0.25) is 0 Å². The topological polar surface area (TPSA) is 0 Å². The minimum Gasteiger partial charge on any atom is -0.207 e. The highest BCUT2D eigenvalue weighted by molar-refractivity contribution is 5.72. The van der Waals surface area contributed by atoms with Gasteiger partial charge in [-0.25, -0.2) is 17.6 Å². The van der Waals surface area contributed by atoms with Crippen molar-refractivity contribution in [1.82, 2.24) is 0 Å². The first kappa shape index (κ1) is 94.6. The molecule has 0 amide bonds. The lowest BCUT2D eigenvalue weighted by Gasteiger charge is -2.37. The van der Waals surface area contributed by atoms with Crippen molar-refractivity contribution in [3.63, 3.8) is 0 Å². The van der Waals surface area contributed by atoms with E-state index in [2.05, 4.69) is 177 Å². The molecule has 0 heterocycles. The molecule has 10 aromatic rings. The molecule has 0 radical (unpaired) electrons. The van der Waals surface area contributed by atoms with Gasteiger partial charge in [0.15, 0.2) is 0 Å². The molecular weight excluding hydrogens is 1570 g/mol. The maximum absolute atomic E-state index is 15.0. The monoisotopic (exact) mass is 1740 g/mol. The van der Waals surface area contributed by atoms with E-state index in [4.69, 9.17) is 0 Å². The van der Waals surface area contributed by atoms with Crippen molar-refractivity contribution in [2.24, 2.45) is 59.2 Å². The molecule has 9 aliphatic rings. The van der Waals surface area contributed by atoms with Gasteiger partial charge in [-0.1, -0.05) is 363 Å². The lowest BCUT2D eigenvalue weighted by molar-refractivity contribution is 0.164. The van der Waals surface area contributed by atoms with Crippen molar-refractivity contribution >= 4 is 0 Å². The summed E-state index contributed by atoms with van der Waals surface area (Å²) in [6.07, 6.45) is 47.4. The van der Waals surface area contributed by atoms with Gasteiger partial charge in [-0.05, 0) is 357 Å². The highest BCUT2D eigenvalue weighted by Gasteiger charge is 2.34. The summed E-state index contributed by atoms with van der Waals surface area (Å²) in [6, 6.07) is 76.1. The molecule has 0 spiro atoms. The zero-order valence-corrected chi connectivity index (χ0v) is 80.1. The van der Waals surface area contributed by atoms with Gasteiger partial charge < -0.3 is 0 Å². The Hall–Kier alpha value is -8.08. The minimum atomic E-state index is -0.165. The lowest BCUT2D eigenvalue weighted by Crippen LogP contribution is -2.25. The van der Waals surface area contributed by atoms with Crippen LogP contribution in [0.25, 0.3) is 55.6 Å². The normalized spacial score (nSPS) is 27.9. The van der Waals surface area contributed by atoms with E-state index >= 15 is 0 Å². The van der Waals surface area contributed by atoms with Crippen molar-refractivity contribution in [2.45, 2.75) is 348 Å². The van der Waals surface area contributed by atoms with Crippen LogP contribution >= 0.6 is 0 Å². The van der Waals surface area contributed by atoms with E-state index < -0.39 is 0 Å². The van der Waals surface area contributed by atoms with Gasteiger partial charge in [-0.15, -0.1) is 0 Å². The van der Waals surface area contributed by atoms with Crippen molar-refractivity contribution in [3.8, 4) is 55.6 Å². The number of rotatable bonds is 14. The highest BCUT2D eigenvalue weighted by atomic mass is 19.1. The Balaban J connectivity index is 0.000000259. The summed E-state index contributed by atoms with van der Waals surface area (Å²) in [5.41, 5.74) is 22.7. The summed E-state index contributed by atoms with van der Waals surface area (Å²) in [6.45, 7) is 23.0. The van der Waals surface area contributed by atoms with E-state index in [1.165, 1.54) is 281 Å². The molecule has 0 N–H and O–H groups in total. The van der Waals surface area contributed by atoms with Crippen LogP contribution in [-0.2, 0) is 0 Å². The molecule has 10 aromatic carbocycles. The maximum atomic E-state index is 15.0. The molecule has 9 saturated carbocycles. The van der Waals surface area contributed by atoms with Crippen LogP contribution in [-0.4, -0.2) is 0 Å². The van der Waals surface area contributed by atoms with E-state index in [1.54, 1.807) is 29.3 Å². The van der Waals surface area contributed by atoms with Gasteiger partial charge in [0.25, 0.3) is 0 Å². The van der Waals surface area contributed by atoms with E-state index in [0.717, 1.165) is 110 Å². The van der Waals surface area contributed by atoms with Gasteiger partial charge in [0.05, 0.1) is 0 Å². The lowest BCUT2D eigenvalue weighted by atomic mass is 9.68. The van der Waals surface area contributed by atoms with E-state index in [1.807, 2.05) is 92.7 Å². The summed E-state index contributed by atoms with van der Waals surface area (Å²) in [5.74, 6) is 13.8. The fraction of sp³-hybridized carbons (Fsp3) is 0.516. The second-order valence-electron chi connectivity index (χ2n) is 43.5. The zero-order chi connectivity index (χ0) is 89.2. The molecule has 0 unspecified atom stereocenters. The molecule has 0 bridgehead atoms. The molecule has 0 aromatic heterocycles. The highest BCUT2D eigenvalue weighted by Crippen LogP contribution is 2.48. The van der Waals surface area contributed by atoms with Crippen LogP contribution in [0.1, 0.15) is 402 Å². The molecule has 0 saturated heterocycles. The summed E-state index contributed by atoms with van der Waals surface area (Å²) in [4.78, 5) is 0. The second kappa shape index (κ2) is 45.8. The summed E-state index contributed by atoms with van der Waals surface area (Å²) in [5, 5.41) is 0. The molecule has 9 aliphatic carbocycles. The minimum absolute atomic E-state index is 0.